The first kappa shape index (κ1) is 18.8. The molecule has 0 atom stereocenters. The van der Waals surface area contributed by atoms with E-state index in [1.165, 1.54) is 19.3 Å². The number of aryl methyl sites for hydroxylation is 2. The van der Waals surface area contributed by atoms with Crippen molar-refractivity contribution in [2.45, 2.75) is 51.0 Å². The summed E-state index contributed by atoms with van der Waals surface area (Å²) >= 11 is 0. The molecule has 2 heterocycles. The van der Waals surface area contributed by atoms with Crippen molar-refractivity contribution in [3.05, 3.63) is 47.4 Å². The molecular formula is C19H26N4O2S. The van der Waals surface area contributed by atoms with Gasteiger partial charge in [0.25, 0.3) is 0 Å². The Morgan fingerprint density at radius 2 is 1.77 bits per heavy atom. The molecule has 140 valence electrons. The van der Waals surface area contributed by atoms with Crippen molar-refractivity contribution in [3.8, 4) is 0 Å². The lowest BCUT2D eigenvalue weighted by Crippen LogP contribution is -2.31. The van der Waals surface area contributed by atoms with E-state index in [1.807, 2.05) is 32.0 Å². The number of benzene rings is 1. The van der Waals surface area contributed by atoms with E-state index in [4.69, 9.17) is 0 Å². The van der Waals surface area contributed by atoms with Crippen LogP contribution < -0.4 is 9.62 Å². The molecule has 7 heteroatoms. The highest BCUT2D eigenvalue weighted by molar-refractivity contribution is 7.89. The molecule has 1 fully saturated rings. The van der Waals surface area contributed by atoms with Crippen LogP contribution in [0.1, 0.15) is 43.3 Å². The summed E-state index contributed by atoms with van der Waals surface area (Å²) in [4.78, 5) is 11.5. The Labute approximate surface area is 155 Å². The topological polar surface area (TPSA) is 75.2 Å². The molecule has 0 amide bonds. The number of piperidine rings is 1. The van der Waals surface area contributed by atoms with E-state index < -0.39 is 10.0 Å². The van der Waals surface area contributed by atoms with E-state index in [0.717, 1.165) is 36.6 Å². The maximum absolute atomic E-state index is 12.5. The number of nitrogens with zero attached hydrogens (tertiary/aromatic N) is 3. The van der Waals surface area contributed by atoms with Crippen LogP contribution in [-0.2, 0) is 23.0 Å². The summed E-state index contributed by atoms with van der Waals surface area (Å²) in [7, 11) is -3.58. The summed E-state index contributed by atoms with van der Waals surface area (Å²) in [6.45, 7) is 6.02. The number of sulfonamides is 1. The van der Waals surface area contributed by atoms with Crippen LogP contribution in [0.4, 0.5) is 5.82 Å². The second kappa shape index (κ2) is 8.14. The quantitative estimate of drug-likeness (QED) is 0.841. The van der Waals surface area contributed by atoms with Gasteiger partial charge in [0.2, 0.25) is 10.0 Å². The maximum atomic E-state index is 12.5. The second-order valence-electron chi connectivity index (χ2n) is 6.65. The first-order chi connectivity index (χ1) is 12.5. The van der Waals surface area contributed by atoms with Crippen LogP contribution in [-0.4, -0.2) is 31.5 Å². The van der Waals surface area contributed by atoms with Gasteiger partial charge < -0.3 is 4.90 Å². The van der Waals surface area contributed by atoms with E-state index in [1.54, 1.807) is 12.1 Å². The average molecular weight is 375 g/mol. The van der Waals surface area contributed by atoms with Crippen LogP contribution in [0.15, 0.2) is 35.2 Å². The fourth-order valence-corrected chi connectivity index (χ4v) is 4.10. The van der Waals surface area contributed by atoms with Crippen LogP contribution in [0.2, 0.25) is 0 Å². The first-order valence-corrected chi connectivity index (χ1v) is 10.6. The van der Waals surface area contributed by atoms with Gasteiger partial charge in [0, 0.05) is 24.8 Å². The Hall–Kier alpha value is -1.99. The van der Waals surface area contributed by atoms with Crippen LogP contribution in [0.5, 0.6) is 0 Å². The molecule has 0 radical (unpaired) electrons. The summed E-state index contributed by atoms with van der Waals surface area (Å²) in [6, 6.07) is 8.92. The predicted molar refractivity (Wildman–Crippen MR) is 103 cm³/mol. The van der Waals surface area contributed by atoms with Gasteiger partial charge >= 0.3 is 0 Å². The molecular weight excluding hydrogens is 348 g/mol. The molecule has 0 spiro atoms. The zero-order chi connectivity index (χ0) is 18.6. The minimum Gasteiger partial charge on any atom is -0.357 e. The molecule has 0 unspecified atom stereocenters. The van der Waals surface area contributed by atoms with Gasteiger partial charge in [-0.15, -0.1) is 0 Å². The molecule has 1 aromatic carbocycles. The highest BCUT2D eigenvalue weighted by atomic mass is 32.2. The Kier molecular flexibility index (Phi) is 5.88. The Bertz CT molecular complexity index is 844. The highest BCUT2D eigenvalue weighted by Crippen LogP contribution is 2.18. The van der Waals surface area contributed by atoms with Crippen molar-refractivity contribution in [3.63, 3.8) is 0 Å². The smallest absolute Gasteiger partial charge is 0.240 e. The zero-order valence-corrected chi connectivity index (χ0v) is 16.2. The standard InChI is InChI=1S/C19H26N4O2S/c1-3-16-7-9-17(10-8-16)26(24,25)20-14-18-21-15(2)13-19(22-18)23-11-5-4-6-12-23/h7-10,13,20H,3-6,11-12,14H2,1-2H3. The van der Waals surface area contributed by atoms with Crippen LogP contribution in [0, 0.1) is 6.92 Å². The van der Waals surface area contributed by atoms with Gasteiger partial charge in [-0.3, -0.25) is 0 Å². The molecule has 3 rings (SSSR count). The number of anilines is 1. The van der Waals surface area contributed by atoms with Gasteiger partial charge in [0.15, 0.2) is 0 Å². The van der Waals surface area contributed by atoms with Gasteiger partial charge in [0.1, 0.15) is 11.6 Å². The van der Waals surface area contributed by atoms with Crippen molar-refractivity contribution >= 4 is 15.8 Å². The number of rotatable bonds is 6. The third kappa shape index (κ3) is 4.59. The SMILES string of the molecule is CCc1ccc(S(=O)(=O)NCc2nc(C)cc(N3CCCCC3)n2)cc1. The lowest BCUT2D eigenvalue weighted by atomic mass is 10.1. The van der Waals surface area contributed by atoms with Crippen LogP contribution in [0.3, 0.4) is 0 Å². The summed E-state index contributed by atoms with van der Waals surface area (Å²) in [5.41, 5.74) is 1.96. The summed E-state index contributed by atoms with van der Waals surface area (Å²) in [5.74, 6) is 1.39. The zero-order valence-electron chi connectivity index (χ0n) is 15.4. The van der Waals surface area contributed by atoms with Gasteiger partial charge in [-0.05, 0) is 50.3 Å². The molecule has 1 saturated heterocycles. The number of nitrogens with one attached hydrogen (secondary N) is 1. The van der Waals surface area contributed by atoms with Crippen molar-refractivity contribution in [1.29, 1.82) is 0 Å². The van der Waals surface area contributed by atoms with Crippen LogP contribution in [0.25, 0.3) is 0 Å². The van der Waals surface area contributed by atoms with Crippen molar-refractivity contribution in [1.82, 2.24) is 14.7 Å². The summed E-state index contributed by atoms with van der Waals surface area (Å²) < 4.78 is 27.6. The minimum absolute atomic E-state index is 0.0837. The lowest BCUT2D eigenvalue weighted by molar-refractivity contribution is 0.569. The fourth-order valence-electron chi connectivity index (χ4n) is 3.12. The number of hydrogen-bond donors (Lipinski definition) is 1. The Balaban J connectivity index is 1.72. The molecule has 1 aliphatic heterocycles. The van der Waals surface area contributed by atoms with Crippen LogP contribution >= 0.6 is 0 Å². The maximum Gasteiger partial charge on any atom is 0.240 e. The van der Waals surface area contributed by atoms with E-state index in [9.17, 15) is 8.42 Å². The molecule has 1 aliphatic rings. The molecule has 2 aromatic rings. The lowest BCUT2D eigenvalue weighted by Gasteiger charge is -2.28. The average Bonchev–Trinajstić information content (AvgIpc) is 2.67. The molecule has 0 aliphatic carbocycles. The predicted octanol–water partition coefficient (Wildman–Crippen LogP) is 2.82. The molecule has 1 aromatic heterocycles. The third-order valence-electron chi connectivity index (χ3n) is 4.63. The van der Waals surface area contributed by atoms with Gasteiger partial charge in [-0.2, -0.15) is 0 Å². The third-order valence-corrected chi connectivity index (χ3v) is 6.05. The van der Waals surface area contributed by atoms with E-state index in [-0.39, 0.29) is 11.4 Å². The molecule has 1 N–H and O–H groups in total. The van der Waals surface area contributed by atoms with Gasteiger partial charge in [-0.1, -0.05) is 19.1 Å². The van der Waals surface area contributed by atoms with E-state index >= 15 is 0 Å². The van der Waals surface area contributed by atoms with Crippen molar-refractivity contribution in [2.75, 3.05) is 18.0 Å². The van der Waals surface area contributed by atoms with Gasteiger partial charge in [-0.25, -0.2) is 23.1 Å². The van der Waals surface area contributed by atoms with Gasteiger partial charge in [0.05, 0.1) is 11.4 Å². The second-order valence-corrected chi connectivity index (χ2v) is 8.42. The largest absolute Gasteiger partial charge is 0.357 e. The monoisotopic (exact) mass is 374 g/mol. The normalized spacial score (nSPS) is 15.2. The summed E-state index contributed by atoms with van der Waals surface area (Å²) in [6.07, 6.45) is 4.46. The number of aromatic nitrogens is 2. The minimum atomic E-state index is -3.58. The first-order valence-electron chi connectivity index (χ1n) is 9.16. The molecule has 26 heavy (non-hydrogen) atoms. The molecule has 6 nitrogen and oxygen atoms in total. The molecule has 0 bridgehead atoms. The Morgan fingerprint density at radius 3 is 2.42 bits per heavy atom. The highest BCUT2D eigenvalue weighted by Gasteiger charge is 2.17. The fraction of sp³-hybridized carbons (Fsp3) is 0.474. The Morgan fingerprint density at radius 1 is 1.08 bits per heavy atom. The summed E-state index contributed by atoms with van der Waals surface area (Å²) in [5, 5.41) is 0. The van der Waals surface area contributed by atoms with E-state index in [0.29, 0.717) is 5.82 Å². The van der Waals surface area contributed by atoms with Crippen molar-refractivity contribution < 1.29 is 8.42 Å². The van der Waals surface area contributed by atoms with Crippen molar-refractivity contribution in [2.24, 2.45) is 0 Å². The van der Waals surface area contributed by atoms with E-state index in [2.05, 4.69) is 19.6 Å². The molecule has 0 saturated carbocycles. The number of hydrogen-bond acceptors (Lipinski definition) is 5.